The molecule has 10 heteroatoms. The fourth-order valence-electron chi connectivity index (χ4n) is 4.60. The number of ether oxygens (including phenoxy) is 4. The lowest BCUT2D eigenvalue weighted by atomic mass is 9.99. The van der Waals surface area contributed by atoms with Crippen molar-refractivity contribution in [2.24, 2.45) is 12.1 Å². The lowest BCUT2D eigenvalue weighted by Crippen LogP contribution is -2.42. The Morgan fingerprint density at radius 3 is 2.31 bits per heavy atom. The largest absolute Gasteiger partial charge is 0.497 e. The third-order valence-electron chi connectivity index (χ3n) is 6.72. The second kappa shape index (κ2) is 12.5. The molecule has 0 saturated heterocycles. The maximum absolute atomic E-state index is 13.9. The summed E-state index contributed by atoms with van der Waals surface area (Å²) in [6, 6.07) is 15.7. The highest BCUT2D eigenvalue weighted by Crippen LogP contribution is 2.39. The van der Waals surface area contributed by atoms with E-state index in [2.05, 4.69) is 0 Å². The van der Waals surface area contributed by atoms with Crippen LogP contribution in [0.15, 0.2) is 65.9 Å². The summed E-state index contributed by atoms with van der Waals surface area (Å²) in [6.07, 6.45) is 2.40. The summed E-state index contributed by atoms with van der Waals surface area (Å²) in [6.45, 7) is 0.337. The Bertz CT molecular complexity index is 1330. The van der Waals surface area contributed by atoms with E-state index in [0.29, 0.717) is 29.2 Å². The van der Waals surface area contributed by atoms with Gasteiger partial charge in [0.1, 0.15) is 23.8 Å². The number of rotatable bonds is 11. The van der Waals surface area contributed by atoms with E-state index < -0.39 is 6.04 Å². The summed E-state index contributed by atoms with van der Waals surface area (Å²) in [5.41, 5.74) is 2.88. The average Bonchev–Trinajstić information content (AvgIpc) is 3.60. The molecule has 3 aromatic rings. The zero-order valence-corrected chi connectivity index (χ0v) is 22.9. The molecule has 2 amide bonds. The highest BCUT2D eigenvalue weighted by molar-refractivity contribution is 6.03. The summed E-state index contributed by atoms with van der Waals surface area (Å²) >= 11 is 0. The highest BCUT2D eigenvalue weighted by Gasteiger charge is 2.37. The molecule has 0 spiro atoms. The van der Waals surface area contributed by atoms with Crippen LogP contribution in [0.5, 0.6) is 17.2 Å². The molecular formula is C29H34N4O6. The van der Waals surface area contributed by atoms with Crippen molar-refractivity contribution in [2.45, 2.75) is 12.5 Å². The van der Waals surface area contributed by atoms with Gasteiger partial charge >= 0.3 is 0 Å². The Kier molecular flexibility index (Phi) is 8.88. The van der Waals surface area contributed by atoms with Gasteiger partial charge in [-0.05, 0) is 54.6 Å². The van der Waals surface area contributed by atoms with Gasteiger partial charge in [-0.1, -0.05) is 0 Å². The minimum atomic E-state index is -0.451. The number of amides is 2. The molecule has 206 valence electrons. The number of hydrazone groups is 1. The topological polar surface area (TPSA) is 94.8 Å². The molecule has 0 radical (unpaired) electrons. The molecule has 0 N–H and O–H groups in total. The van der Waals surface area contributed by atoms with E-state index in [4.69, 9.17) is 24.0 Å². The Balaban J connectivity index is 1.67. The van der Waals surface area contributed by atoms with Crippen LogP contribution < -0.4 is 14.2 Å². The first-order valence-corrected chi connectivity index (χ1v) is 12.6. The first kappa shape index (κ1) is 27.7. The second-order valence-corrected chi connectivity index (χ2v) is 9.07. The molecule has 1 aromatic heterocycles. The van der Waals surface area contributed by atoms with Gasteiger partial charge in [0, 0.05) is 44.4 Å². The van der Waals surface area contributed by atoms with Gasteiger partial charge in [0.25, 0.3) is 11.8 Å². The molecule has 2 aromatic carbocycles. The van der Waals surface area contributed by atoms with E-state index >= 15 is 0 Å². The van der Waals surface area contributed by atoms with Crippen LogP contribution in [0.4, 0.5) is 0 Å². The number of methoxy groups -OCH3 is 4. The molecule has 4 rings (SSSR count). The molecular weight excluding hydrogens is 500 g/mol. The molecule has 1 aliphatic heterocycles. The Morgan fingerprint density at radius 2 is 1.69 bits per heavy atom. The van der Waals surface area contributed by atoms with E-state index in [-0.39, 0.29) is 31.5 Å². The van der Waals surface area contributed by atoms with Crippen LogP contribution >= 0.6 is 0 Å². The van der Waals surface area contributed by atoms with Crippen molar-refractivity contribution >= 4 is 17.5 Å². The second-order valence-electron chi connectivity index (χ2n) is 9.07. The molecule has 0 saturated carbocycles. The standard InChI is InChI=1S/C29H34N4O6/c1-31-14-6-7-25(31)24-18-26(23-17-22(38-4)12-13-27(23)39-5)33(30-24)28(34)19-32(15-16-36-2)29(35)20-8-10-21(37-3)11-9-20/h6-14,17,26H,15-16,18-19H2,1-5H3/t26-/m1/s1. The average molecular weight is 535 g/mol. The van der Waals surface area contributed by atoms with Crippen LogP contribution in [0, 0.1) is 0 Å². The summed E-state index contributed by atoms with van der Waals surface area (Å²) < 4.78 is 23.5. The van der Waals surface area contributed by atoms with E-state index in [0.717, 1.165) is 17.0 Å². The monoisotopic (exact) mass is 534 g/mol. The third kappa shape index (κ3) is 6.06. The molecule has 2 heterocycles. The predicted molar refractivity (Wildman–Crippen MR) is 146 cm³/mol. The van der Waals surface area contributed by atoms with Crippen LogP contribution in [-0.4, -0.2) is 80.1 Å². The minimum Gasteiger partial charge on any atom is -0.497 e. The number of aryl methyl sites for hydroxylation is 1. The molecule has 39 heavy (non-hydrogen) atoms. The van der Waals surface area contributed by atoms with Crippen molar-refractivity contribution in [1.82, 2.24) is 14.5 Å². The van der Waals surface area contributed by atoms with E-state index in [1.807, 2.05) is 48.1 Å². The number of aromatic nitrogens is 1. The lowest BCUT2D eigenvalue weighted by Gasteiger charge is -2.28. The molecule has 1 atom stereocenters. The SMILES string of the molecule is COCCN(CC(=O)N1N=C(c2cccn2C)C[C@@H]1c1cc(OC)ccc1OC)C(=O)c1ccc(OC)cc1. The van der Waals surface area contributed by atoms with Gasteiger partial charge in [-0.25, -0.2) is 5.01 Å². The van der Waals surface area contributed by atoms with E-state index in [9.17, 15) is 9.59 Å². The van der Waals surface area contributed by atoms with Crippen molar-refractivity contribution in [2.75, 3.05) is 48.1 Å². The number of hydrogen-bond donors (Lipinski definition) is 0. The van der Waals surface area contributed by atoms with Crippen LogP contribution in [0.3, 0.4) is 0 Å². The predicted octanol–water partition coefficient (Wildman–Crippen LogP) is 3.52. The van der Waals surface area contributed by atoms with Gasteiger partial charge in [-0.15, -0.1) is 0 Å². The first-order chi connectivity index (χ1) is 18.9. The lowest BCUT2D eigenvalue weighted by molar-refractivity contribution is -0.133. The Hall–Kier alpha value is -4.31. The van der Waals surface area contributed by atoms with E-state index in [1.165, 1.54) is 9.91 Å². The molecule has 1 aliphatic rings. The van der Waals surface area contributed by atoms with Gasteiger partial charge in [-0.2, -0.15) is 5.10 Å². The zero-order chi connectivity index (χ0) is 27.9. The van der Waals surface area contributed by atoms with Crippen molar-refractivity contribution in [3.63, 3.8) is 0 Å². The number of carbonyl (C=O) groups is 2. The third-order valence-corrected chi connectivity index (χ3v) is 6.72. The number of benzene rings is 2. The van der Waals surface area contributed by atoms with Crippen molar-refractivity contribution in [1.29, 1.82) is 0 Å². The summed E-state index contributed by atoms with van der Waals surface area (Å²) in [4.78, 5) is 28.8. The van der Waals surface area contributed by atoms with Crippen LogP contribution in [0.1, 0.15) is 34.1 Å². The molecule has 0 aliphatic carbocycles. The molecule has 0 fully saturated rings. The number of carbonyl (C=O) groups excluding carboxylic acids is 2. The fourth-order valence-corrected chi connectivity index (χ4v) is 4.60. The van der Waals surface area contributed by atoms with Crippen molar-refractivity contribution in [3.05, 3.63) is 77.6 Å². The fraction of sp³-hybridized carbons (Fsp3) is 0.345. The maximum atomic E-state index is 13.9. The maximum Gasteiger partial charge on any atom is 0.262 e. The summed E-state index contributed by atoms with van der Waals surface area (Å²) in [7, 11) is 8.23. The Morgan fingerprint density at radius 1 is 0.974 bits per heavy atom. The van der Waals surface area contributed by atoms with Gasteiger partial charge in [0.2, 0.25) is 0 Å². The minimum absolute atomic E-state index is 0.180. The zero-order valence-electron chi connectivity index (χ0n) is 22.9. The van der Waals surface area contributed by atoms with Crippen molar-refractivity contribution < 1.29 is 28.5 Å². The smallest absolute Gasteiger partial charge is 0.262 e. The summed E-state index contributed by atoms with van der Waals surface area (Å²) in [5, 5.41) is 6.22. The van der Waals surface area contributed by atoms with Gasteiger partial charge in [0.05, 0.1) is 45.4 Å². The quantitative estimate of drug-likeness (QED) is 0.374. The summed E-state index contributed by atoms with van der Waals surface area (Å²) in [5.74, 6) is 1.28. The molecule has 10 nitrogen and oxygen atoms in total. The first-order valence-electron chi connectivity index (χ1n) is 12.6. The van der Waals surface area contributed by atoms with Gasteiger partial charge in [-0.3, -0.25) is 9.59 Å². The van der Waals surface area contributed by atoms with Crippen LogP contribution in [0.2, 0.25) is 0 Å². The van der Waals surface area contributed by atoms with Crippen LogP contribution in [-0.2, 0) is 16.6 Å². The van der Waals surface area contributed by atoms with Gasteiger partial charge < -0.3 is 28.4 Å². The molecule has 0 bridgehead atoms. The number of nitrogens with zero attached hydrogens (tertiary/aromatic N) is 4. The number of hydrogen-bond acceptors (Lipinski definition) is 7. The molecule has 0 unspecified atom stereocenters. The normalized spacial score (nSPS) is 14.6. The highest BCUT2D eigenvalue weighted by atomic mass is 16.5. The Labute approximate surface area is 228 Å². The van der Waals surface area contributed by atoms with Gasteiger partial charge in [0.15, 0.2) is 0 Å². The van der Waals surface area contributed by atoms with E-state index in [1.54, 1.807) is 52.7 Å². The van der Waals surface area contributed by atoms with Crippen LogP contribution in [0.25, 0.3) is 0 Å². The van der Waals surface area contributed by atoms with Crippen molar-refractivity contribution in [3.8, 4) is 17.2 Å².